The third-order valence-electron chi connectivity index (χ3n) is 4.08. The number of para-hydroxylation sites is 1. The molecule has 3 rings (SSSR count). The fourth-order valence-corrected chi connectivity index (χ4v) is 2.44. The maximum Gasteiger partial charge on any atom is 0.129 e. The molecule has 21 heavy (non-hydrogen) atoms. The van der Waals surface area contributed by atoms with Gasteiger partial charge in [0.05, 0.1) is 11.8 Å². The highest BCUT2D eigenvalue weighted by atomic mass is 16.5. The summed E-state index contributed by atoms with van der Waals surface area (Å²) in [5.74, 6) is 0.895. The molecule has 0 bridgehead atoms. The van der Waals surface area contributed by atoms with Crippen molar-refractivity contribution in [3.05, 3.63) is 58.9 Å². The number of hydrogen-bond donors (Lipinski definition) is 0. The van der Waals surface area contributed by atoms with Crippen molar-refractivity contribution in [1.82, 2.24) is 4.98 Å². The zero-order valence-corrected chi connectivity index (χ0v) is 12.9. The Kier molecular flexibility index (Phi) is 3.50. The standard InChI is InChI=1S/C18H20N2O/c1-11-9-15(10-19-12(11)2)18-16-7-5-6-8-17(16)21-14(4)13(3)20-18/h5-10,13-14H,1-4H3/t13-,14-/m0/s1. The van der Waals surface area contributed by atoms with Gasteiger partial charge in [0.2, 0.25) is 0 Å². The SMILES string of the molecule is Cc1cc(C2=N[C@@H](C)[C@H](C)Oc3ccccc32)cnc1C. The fraction of sp³-hybridized carbons (Fsp3) is 0.333. The highest BCUT2D eigenvalue weighted by molar-refractivity contribution is 6.14. The lowest BCUT2D eigenvalue weighted by Crippen LogP contribution is -2.23. The van der Waals surface area contributed by atoms with Crippen LogP contribution in [0.4, 0.5) is 0 Å². The molecule has 1 aliphatic rings. The van der Waals surface area contributed by atoms with Crippen molar-refractivity contribution in [3.8, 4) is 5.75 Å². The molecule has 2 heterocycles. The van der Waals surface area contributed by atoms with Crippen LogP contribution in [-0.4, -0.2) is 22.8 Å². The number of benzene rings is 1. The van der Waals surface area contributed by atoms with E-state index in [1.165, 1.54) is 5.56 Å². The Balaban J connectivity index is 2.18. The van der Waals surface area contributed by atoms with Crippen molar-refractivity contribution < 1.29 is 4.74 Å². The minimum atomic E-state index is 0.0585. The van der Waals surface area contributed by atoms with E-state index < -0.39 is 0 Å². The zero-order chi connectivity index (χ0) is 15.0. The van der Waals surface area contributed by atoms with Gasteiger partial charge in [-0.3, -0.25) is 9.98 Å². The molecule has 0 spiro atoms. The lowest BCUT2D eigenvalue weighted by Gasteiger charge is -2.15. The number of aromatic nitrogens is 1. The Morgan fingerprint density at radius 2 is 1.86 bits per heavy atom. The van der Waals surface area contributed by atoms with Crippen molar-refractivity contribution in [2.75, 3.05) is 0 Å². The van der Waals surface area contributed by atoms with Gasteiger partial charge in [-0.1, -0.05) is 12.1 Å². The highest BCUT2D eigenvalue weighted by Gasteiger charge is 2.23. The average Bonchev–Trinajstić information content (AvgIpc) is 2.60. The first kappa shape index (κ1) is 13.8. The maximum absolute atomic E-state index is 6.04. The van der Waals surface area contributed by atoms with Crippen molar-refractivity contribution in [3.63, 3.8) is 0 Å². The molecule has 3 heteroatoms. The number of nitrogens with zero attached hydrogens (tertiary/aromatic N) is 2. The second kappa shape index (κ2) is 5.32. The van der Waals surface area contributed by atoms with E-state index >= 15 is 0 Å². The second-order valence-electron chi connectivity index (χ2n) is 5.66. The van der Waals surface area contributed by atoms with E-state index in [4.69, 9.17) is 9.73 Å². The Hall–Kier alpha value is -2.16. The summed E-state index contributed by atoms with van der Waals surface area (Å²) in [5.41, 5.74) is 5.30. The van der Waals surface area contributed by atoms with Crippen LogP contribution in [0.15, 0.2) is 41.5 Å². The van der Waals surface area contributed by atoms with Crippen molar-refractivity contribution in [2.45, 2.75) is 39.8 Å². The molecule has 3 nitrogen and oxygen atoms in total. The lowest BCUT2D eigenvalue weighted by molar-refractivity contribution is 0.200. The van der Waals surface area contributed by atoms with Crippen LogP contribution in [0.3, 0.4) is 0 Å². The number of ether oxygens (including phenoxy) is 1. The minimum absolute atomic E-state index is 0.0585. The predicted octanol–water partition coefficient (Wildman–Crippen LogP) is 3.71. The molecule has 1 aliphatic heterocycles. The number of hydrogen-bond acceptors (Lipinski definition) is 3. The van der Waals surface area contributed by atoms with E-state index in [-0.39, 0.29) is 12.1 Å². The number of pyridine rings is 1. The third-order valence-corrected chi connectivity index (χ3v) is 4.08. The molecule has 0 unspecified atom stereocenters. The average molecular weight is 280 g/mol. The molecule has 0 N–H and O–H groups in total. The highest BCUT2D eigenvalue weighted by Crippen LogP contribution is 2.28. The van der Waals surface area contributed by atoms with Gasteiger partial charge < -0.3 is 4.74 Å². The van der Waals surface area contributed by atoms with Gasteiger partial charge in [-0.05, 0) is 51.5 Å². The van der Waals surface area contributed by atoms with Crippen molar-refractivity contribution >= 4 is 5.71 Å². The third kappa shape index (κ3) is 2.56. The molecule has 2 aromatic rings. The first-order chi connectivity index (χ1) is 10.1. The van der Waals surface area contributed by atoms with E-state index in [1.54, 1.807) is 0 Å². The summed E-state index contributed by atoms with van der Waals surface area (Å²) in [6, 6.07) is 10.3. The van der Waals surface area contributed by atoms with Gasteiger partial charge in [0.15, 0.2) is 0 Å². The van der Waals surface area contributed by atoms with E-state index in [9.17, 15) is 0 Å². The van der Waals surface area contributed by atoms with Gasteiger partial charge in [-0.2, -0.15) is 0 Å². The van der Waals surface area contributed by atoms with Gasteiger partial charge in [0, 0.05) is 23.0 Å². The van der Waals surface area contributed by atoms with Gasteiger partial charge in [-0.15, -0.1) is 0 Å². The Bertz CT molecular complexity index is 706. The predicted molar refractivity (Wildman–Crippen MR) is 85.3 cm³/mol. The topological polar surface area (TPSA) is 34.5 Å². The van der Waals surface area contributed by atoms with E-state index in [0.29, 0.717) is 0 Å². The molecule has 108 valence electrons. The summed E-state index contributed by atoms with van der Waals surface area (Å²) in [4.78, 5) is 9.37. The summed E-state index contributed by atoms with van der Waals surface area (Å²) in [6.07, 6.45) is 1.96. The van der Waals surface area contributed by atoms with Crippen LogP contribution in [0.5, 0.6) is 5.75 Å². The quantitative estimate of drug-likeness (QED) is 0.798. The molecule has 0 saturated heterocycles. The lowest BCUT2D eigenvalue weighted by atomic mass is 10.0. The first-order valence-electron chi connectivity index (χ1n) is 7.33. The molecule has 0 aliphatic carbocycles. The van der Waals surface area contributed by atoms with Crippen LogP contribution in [0.25, 0.3) is 0 Å². The molecule has 2 atom stereocenters. The van der Waals surface area contributed by atoms with E-state index in [0.717, 1.165) is 28.3 Å². The zero-order valence-electron chi connectivity index (χ0n) is 12.9. The Morgan fingerprint density at radius 1 is 1.10 bits per heavy atom. The minimum Gasteiger partial charge on any atom is -0.488 e. The number of fused-ring (bicyclic) bond motifs is 1. The normalized spacial score (nSPS) is 21.0. The van der Waals surface area contributed by atoms with Crippen LogP contribution < -0.4 is 4.74 Å². The maximum atomic E-state index is 6.04. The fourth-order valence-electron chi connectivity index (χ4n) is 2.44. The van der Waals surface area contributed by atoms with E-state index in [1.807, 2.05) is 31.3 Å². The number of rotatable bonds is 1. The number of aliphatic imine (C=N–C) groups is 1. The molecule has 0 fully saturated rings. The van der Waals surface area contributed by atoms with Crippen LogP contribution in [-0.2, 0) is 0 Å². The van der Waals surface area contributed by atoms with Crippen molar-refractivity contribution in [1.29, 1.82) is 0 Å². The summed E-state index contributed by atoms with van der Waals surface area (Å²) in [7, 11) is 0. The summed E-state index contributed by atoms with van der Waals surface area (Å²) >= 11 is 0. The van der Waals surface area contributed by atoms with E-state index in [2.05, 4.69) is 37.9 Å². The van der Waals surface area contributed by atoms with Crippen LogP contribution in [0.2, 0.25) is 0 Å². The van der Waals surface area contributed by atoms with Crippen LogP contribution in [0, 0.1) is 13.8 Å². The summed E-state index contributed by atoms with van der Waals surface area (Å²) in [5, 5.41) is 0. The molecule has 0 radical (unpaired) electrons. The second-order valence-corrected chi connectivity index (χ2v) is 5.66. The first-order valence-corrected chi connectivity index (χ1v) is 7.33. The molecule has 0 saturated carbocycles. The molecular formula is C18H20N2O. The monoisotopic (exact) mass is 280 g/mol. The van der Waals surface area contributed by atoms with Gasteiger partial charge in [0.1, 0.15) is 11.9 Å². The van der Waals surface area contributed by atoms with Crippen molar-refractivity contribution in [2.24, 2.45) is 4.99 Å². The molecular weight excluding hydrogens is 260 g/mol. The van der Waals surface area contributed by atoms with Gasteiger partial charge >= 0.3 is 0 Å². The summed E-state index contributed by atoms with van der Waals surface area (Å²) in [6.45, 7) is 8.25. The van der Waals surface area contributed by atoms with Crippen LogP contribution >= 0.6 is 0 Å². The molecule has 1 aromatic carbocycles. The summed E-state index contributed by atoms with van der Waals surface area (Å²) < 4.78 is 6.04. The molecule has 0 amide bonds. The smallest absolute Gasteiger partial charge is 0.129 e. The Morgan fingerprint density at radius 3 is 2.62 bits per heavy atom. The molecule has 1 aromatic heterocycles. The van der Waals surface area contributed by atoms with Gasteiger partial charge in [0.25, 0.3) is 0 Å². The Labute approximate surface area is 125 Å². The van der Waals surface area contributed by atoms with Crippen LogP contribution in [0.1, 0.15) is 36.2 Å². The number of aryl methyl sites for hydroxylation is 2. The van der Waals surface area contributed by atoms with Gasteiger partial charge in [-0.25, -0.2) is 0 Å². The largest absolute Gasteiger partial charge is 0.488 e.